The first-order valence-corrected chi connectivity index (χ1v) is 6.87. The molecule has 3 nitrogen and oxygen atoms in total. The maximum atomic E-state index is 13.1. The Kier molecular flexibility index (Phi) is 5.09. The standard InChI is InChI=1S/C17H17F2NO2/c1-12-3-5-16(6-4-12)22-8-7-20(2)17(21)13-9-14(18)11-15(19)10-13/h3-6,9-11H,7-8H2,1-2H3. The maximum Gasteiger partial charge on any atom is 0.253 e. The first-order chi connectivity index (χ1) is 10.5. The second kappa shape index (κ2) is 7.02. The summed E-state index contributed by atoms with van der Waals surface area (Å²) < 4.78 is 31.8. The van der Waals surface area contributed by atoms with Gasteiger partial charge in [-0.15, -0.1) is 0 Å². The third-order valence-corrected chi connectivity index (χ3v) is 3.17. The highest BCUT2D eigenvalue weighted by Crippen LogP contribution is 2.12. The molecule has 0 aliphatic carbocycles. The van der Waals surface area contributed by atoms with Crippen molar-refractivity contribution in [1.82, 2.24) is 4.90 Å². The summed E-state index contributed by atoms with van der Waals surface area (Å²) in [5.74, 6) is -1.28. The lowest BCUT2D eigenvalue weighted by molar-refractivity contribution is 0.0772. The van der Waals surface area contributed by atoms with Crippen molar-refractivity contribution in [2.24, 2.45) is 0 Å². The molecule has 22 heavy (non-hydrogen) atoms. The Hall–Kier alpha value is -2.43. The van der Waals surface area contributed by atoms with Gasteiger partial charge in [-0.2, -0.15) is 0 Å². The molecular weight excluding hydrogens is 288 g/mol. The molecule has 2 aromatic carbocycles. The van der Waals surface area contributed by atoms with Crippen LogP contribution in [0.1, 0.15) is 15.9 Å². The molecule has 0 N–H and O–H groups in total. The molecule has 2 rings (SSSR count). The van der Waals surface area contributed by atoms with Gasteiger partial charge in [0.15, 0.2) is 0 Å². The van der Waals surface area contributed by atoms with Gasteiger partial charge in [-0.1, -0.05) is 17.7 Å². The van der Waals surface area contributed by atoms with E-state index in [1.165, 1.54) is 4.90 Å². The highest BCUT2D eigenvalue weighted by Gasteiger charge is 2.14. The van der Waals surface area contributed by atoms with Gasteiger partial charge in [-0.25, -0.2) is 8.78 Å². The zero-order valence-corrected chi connectivity index (χ0v) is 12.5. The Labute approximate surface area is 128 Å². The van der Waals surface area contributed by atoms with E-state index in [4.69, 9.17) is 4.74 Å². The van der Waals surface area contributed by atoms with Gasteiger partial charge in [0.25, 0.3) is 5.91 Å². The number of hydrogen-bond acceptors (Lipinski definition) is 2. The Bertz CT molecular complexity index is 636. The van der Waals surface area contributed by atoms with E-state index in [0.29, 0.717) is 18.9 Å². The fraction of sp³-hybridized carbons (Fsp3) is 0.235. The summed E-state index contributed by atoms with van der Waals surface area (Å²) in [7, 11) is 1.56. The van der Waals surface area contributed by atoms with Crippen molar-refractivity contribution in [1.29, 1.82) is 0 Å². The van der Waals surface area contributed by atoms with Crippen LogP contribution in [-0.4, -0.2) is 31.0 Å². The van der Waals surface area contributed by atoms with Crippen LogP contribution in [0.2, 0.25) is 0 Å². The van der Waals surface area contributed by atoms with Crippen molar-refractivity contribution in [2.75, 3.05) is 20.2 Å². The molecule has 116 valence electrons. The average molecular weight is 305 g/mol. The van der Waals surface area contributed by atoms with Crippen LogP contribution >= 0.6 is 0 Å². The van der Waals surface area contributed by atoms with E-state index in [9.17, 15) is 13.6 Å². The first-order valence-electron chi connectivity index (χ1n) is 6.87. The van der Waals surface area contributed by atoms with Gasteiger partial charge < -0.3 is 9.64 Å². The van der Waals surface area contributed by atoms with Gasteiger partial charge in [0, 0.05) is 18.7 Å². The molecule has 0 fully saturated rings. The van der Waals surface area contributed by atoms with Gasteiger partial charge >= 0.3 is 0 Å². The molecule has 0 heterocycles. The number of nitrogens with zero attached hydrogens (tertiary/aromatic N) is 1. The number of likely N-dealkylation sites (N-methyl/N-ethyl adjacent to an activating group) is 1. The maximum absolute atomic E-state index is 13.1. The number of rotatable bonds is 5. The normalized spacial score (nSPS) is 10.4. The SMILES string of the molecule is Cc1ccc(OCCN(C)C(=O)c2cc(F)cc(F)c2)cc1. The van der Waals surface area contributed by atoms with E-state index in [2.05, 4.69) is 0 Å². The summed E-state index contributed by atoms with van der Waals surface area (Å²) >= 11 is 0. The molecule has 0 saturated heterocycles. The zero-order valence-electron chi connectivity index (χ0n) is 12.5. The minimum absolute atomic E-state index is 0.0182. The summed E-state index contributed by atoms with van der Waals surface area (Å²) in [6.07, 6.45) is 0. The van der Waals surface area contributed by atoms with Crippen molar-refractivity contribution < 1.29 is 18.3 Å². The molecule has 0 saturated carbocycles. The summed E-state index contributed by atoms with van der Waals surface area (Å²) in [6, 6.07) is 10.3. The van der Waals surface area contributed by atoms with Crippen LogP contribution in [0.3, 0.4) is 0 Å². The number of benzene rings is 2. The Morgan fingerprint density at radius 2 is 1.68 bits per heavy atom. The fourth-order valence-corrected chi connectivity index (χ4v) is 1.93. The summed E-state index contributed by atoms with van der Waals surface area (Å²) in [6.45, 7) is 2.59. The Balaban J connectivity index is 1.89. The second-order valence-corrected chi connectivity index (χ2v) is 5.05. The molecule has 0 spiro atoms. The Morgan fingerprint density at radius 1 is 1.09 bits per heavy atom. The number of halogens is 2. The monoisotopic (exact) mass is 305 g/mol. The molecule has 0 aromatic heterocycles. The number of hydrogen-bond donors (Lipinski definition) is 0. The third-order valence-electron chi connectivity index (χ3n) is 3.17. The minimum Gasteiger partial charge on any atom is -0.492 e. The van der Waals surface area contributed by atoms with Gasteiger partial charge in [0.05, 0.1) is 6.54 Å². The minimum atomic E-state index is -0.771. The van der Waals surface area contributed by atoms with Crippen LogP contribution in [0, 0.1) is 18.6 Å². The van der Waals surface area contributed by atoms with E-state index in [1.54, 1.807) is 7.05 Å². The molecule has 0 aliphatic heterocycles. The molecule has 0 atom stereocenters. The van der Waals surface area contributed by atoms with Crippen LogP contribution in [-0.2, 0) is 0 Å². The van der Waals surface area contributed by atoms with Crippen molar-refractivity contribution in [3.05, 3.63) is 65.2 Å². The summed E-state index contributed by atoms with van der Waals surface area (Å²) in [5, 5.41) is 0. The number of amides is 1. The van der Waals surface area contributed by atoms with E-state index in [-0.39, 0.29) is 5.56 Å². The lowest BCUT2D eigenvalue weighted by Gasteiger charge is -2.17. The highest BCUT2D eigenvalue weighted by atomic mass is 19.1. The summed E-state index contributed by atoms with van der Waals surface area (Å²) in [4.78, 5) is 13.4. The van der Waals surface area contributed by atoms with Crippen LogP contribution < -0.4 is 4.74 Å². The van der Waals surface area contributed by atoms with Gasteiger partial charge in [0.2, 0.25) is 0 Å². The number of carbonyl (C=O) groups is 1. The predicted octanol–water partition coefficient (Wildman–Crippen LogP) is 3.42. The Morgan fingerprint density at radius 3 is 2.27 bits per heavy atom. The molecule has 2 aromatic rings. The topological polar surface area (TPSA) is 29.5 Å². The molecular formula is C17H17F2NO2. The number of aryl methyl sites for hydroxylation is 1. The van der Waals surface area contributed by atoms with Gasteiger partial charge in [0.1, 0.15) is 24.0 Å². The molecule has 0 aliphatic rings. The molecule has 0 bridgehead atoms. The van der Waals surface area contributed by atoms with Gasteiger partial charge in [-0.3, -0.25) is 4.79 Å². The molecule has 5 heteroatoms. The lowest BCUT2D eigenvalue weighted by Crippen LogP contribution is -2.31. The molecule has 1 amide bonds. The molecule has 0 radical (unpaired) electrons. The lowest BCUT2D eigenvalue weighted by atomic mass is 10.2. The fourth-order valence-electron chi connectivity index (χ4n) is 1.93. The smallest absolute Gasteiger partial charge is 0.253 e. The van der Waals surface area contributed by atoms with Crippen LogP contribution in [0.5, 0.6) is 5.75 Å². The first kappa shape index (κ1) is 15.9. The number of carbonyl (C=O) groups excluding carboxylic acids is 1. The second-order valence-electron chi connectivity index (χ2n) is 5.05. The van der Waals surface area contributed by atoms with Crippen molar-refractivity contribution in [3.63, 3.8) is 0 Å². The van der Waals surface area contributed by atoms with Crippen LogP contribution in [0.4, 0.5) is 8.78 Å². The van der Waals surface area contributed by atoms with Crippen molar-refractivity contribution >= 4 is 5.91 Å². The quantitative estimate of drug-likeness (QED) is 0.847. The van der Waals surface area contributed by atoms with E-state index < -0.39 is 17.5 Å². The average Bonchev–Trinajstić information content (AvgIpc) is 2.47. The predicted molar refractivity (Wildman–Crippen MR) is 80.0 cm³/mol. The van der Waals surface area contributed by atoms with Crippen molar-refractivity contribution in [3.8, 4) is 5.75 Å². The van der Waals surface area contributed by atoms with Crippen LogP contribution in [0.25, 0.3) is 0 Å². The summed E-state index contributed by atoms with van der Waals surface area (Å²) in [5.41, 5.74) is 1.11. The number of ether oxygens (including phenoxy) is 1. The third kappa shape index (κ3) is 4.28. The van der Waals surface area contributed by atoms with E-state index in [1.807, 2.05) is 31.2 Å². The zero-order chi connectivity index (χ0) is 16.1. The van der Waals surface area contributed by atoms with Gasteiger partial charge in [-0.05, 0) is 31.2 Å². The molecule has 0 unspecified atom stereocenters. The van der Waals surface area contributed by atoms with E-state index in [0.717, 1.165) is 23.8 Å². The highest BCUT2D eigenvalue weighted by molar-refractivity contribution is 5.94. The van der Waals surface area contributed by atoms with E-state index >= 15 is 0 Å². The van der Waals surface area contributed by atoms with Crippen molar-refractivity contribution in [2.45, 2.75) is 6.92 Å². The largest absolute Gasteiger partial charge is 0.492 e. The van der Waals surface area contributed by atoms with Crippen LogP contribution in [0.15, 0.2) is 42.5 Å².